The average Bonchev–Trinajstić information content (AvgIpc) is 2.34. The summed E-state index contributed by atoms with van der Waals surface area (Å²) in [6, 6.07) is 0. The number of hydrogen-bond donors (Lipinski definition) is 0. The molecule has 0 bridgehead atoms. The van der Waals surface area contributed by atoms with E-state index in [0.29, 0.717) is 12.5 Å². The fourth-order valence-electron chi connectivity index (χ4n) is 1.80. The van der Waals surface area contributed by atoms with Crippen LogP contribution in [0.1, 0.15) is 19.3 Å². The molecule has 0 N–H and O–H groups in total. The molecule has 2 heterocycles. The van der Waals surface area contributed by atoms with Gasteiger partial charge in [0.05, 0.1) is 6.54 Å². The van der Waals surface area contributed by atoms with E-state index in [1.807, 2.05) is 4.90 Å². The third-order valence-corrected chi connectivity index (χ3v) is 2.77. The summed E-state index contributed by atoms with van der Waals surface area (Å²) in [5.74, 6) is 0.336. The molecule has 0 unspecified atom stereocenters. The van der Waals surface area contributed by atoms with Gasteiger partial charge in [-0.25, -0.2) is 0 Å². The summed E-state index contributed by atoms with van der Waals surface area (Å²) >= 11 is 0. The Labute approximate surface area is 73.3 Å². The van der Waals surface area contributed by atoms with Gasteiger partial charge in [-0.2, -0.15) is 0 Å². The molecule has 12 heavy (non-hydrogen) atoms. The minimum Gasteiger partial charge on any atom is -0.341 e. The monoisotopic (exact) mass is 168 g/mol. The second-order valence-corrected chi connectivity index (χ2v) is 3.72. The molecule has 2 aliphatic heterocycles. The SMILES string of the molecule is O=C(CN1CCCC1)N1CCC1. The standard InChI is InChI=1S/C9H16N2O/c12-9(11-6-3-7-11)8-10-4-1-2-5-10/h1-8H2. The lowest BCUT2D eigenvalue weighted by molar-refractivity contribution is -0.135. The number of carbonyl (C=O) groups is 1. The van der Waals surface area contributed by atoms with E-state index in [1.54, 1.807) is 0 Å². The zero-order valence-electron chi connectivity index (χ0n) is 7.46. The summed E-state index contributed by atoms with van der Waals surface area (Å²) in [4.78, 5) is 15.7. The van der Waals surface area contributed by atoms with Gasteiger partial charge < -0.3 is 4.90 Å². The van der Waals surface area contributed by atoms with Crippen molar-refractivity contribution in [3.05, 3.63) is 0 Å². The Morgan fingerprint density at radius 1 is 1.00 bits per heavy atom. The van der Waals surface area contributed by atoms with Crippen molar-refractivity contribution in [2.75, 3.05) is 32.7 Å². The van der Waals surface area contributed by atoms with Gasteiger partial charge in [0.2, 0.25) is 5.91 Å². The highest BCUT2D eigenvalue weighted by molar-refractivity contribution is 5.78. The number of rotatable bonds is 2. The Morgan fingerprint density at radius 3 is 2.17 bits per heavy atom. The Kier molecular flexibility index (Phi) is 2.30. The maximum Gasteiger partial charge on any atom is 0.236 e. The lowest BCUT2D eigenvalue weighted by atomic mass is 10.2. The van der Waals surface area contributed by atoms with Crippen LogP contribution in [-0.2, 0) is 4.79 Å². The highest BCUT2D eigenvalue weighted by Crippen LogP contribution is 2.10. The fourth-order valence-corrected chi connectivity index (χ4v) is 1.80. The number of nitrogens with zero attached hydrogens (tertiary/aromatic N) is 2. The molecule has 0 aromatic carbocycles. The van der Waals surface area contributed by atoms with Crippen molar-refractivity contribution in [3.63, 3.8) is 0 Å². The number of hydrogen-bond acceptors (Lipinski definition) is 2. The maximum atomic E-state index is 11.5. The molecule has 0 atom stereocenters. The van der Waals surface area contributed by atoms with Crippen LogP contribution in [0, 0.1) is 0 Å². The molecule has 2 rings (SSSR count). The molecule has 1 amide bonds. The Hall–Kier alpha value is -0.570. The average molecular weight is 168 g/mol. The summed E-state index contributed by atoms with van der Waals surface area (Å²) < 4.78 is 0. The van der Waals surface area contributed by atoms with Crippen LogP contribution >= 0.6 is 0 Å². The van der Waals surface area contributed by atoms with Gasteiger partial charge in [-0.1, -0.05) is 0 Å². The van der Waals surface area contributed by atoms with Crippen molar-refractivity contribution in [2.24, 2.45) is 0 Å². The zero-order chi connectivity index (χ0) is 8.39. The van der Waals surface area contributed by atoms with Crippen molar-refractivity contribution in [1.82, 2.24) is 9.80 Å². The highest BCUT2D eigenvalue weighted by atomic mass is 16.2. The van der Waals surface area contributed by atoms with Gasteiger partial charge in [-0.15, -0.1) is 0 Å². The number of carbonyl (C=O) groups excluding carboxylic acids is 1. The van der Waals surface area contributed by atoms with Crippen molar-refractivity contribution in [1.29, 1.82) is 0 Å². The van der Waals surface area contributed by atoms with E-state index in [1.165, 1.54) is 19.3 Å². The molecule has 0 aromatic heterocycles. The molecule has 0 aromatic rings. The van der Waals surface area contributed by atoms with Gasteiger partial charge in [-0.3, -0.25) is 9.69 Å². The Bertz CT molecular complexity index is 171. The van der Waals surface area contributed by atoms with E-state index >= 15 is 0 Å². The maximum absolute atomic E-state index is 11.5. The van der Waals surface area contributed by atoms with Crippen molar-refractivity contribution in [3.8, 4) is 0 Å². The third-order valence-electron chi connectivity index (χ3n) is 2.77. The molecule has 2 fully saturated rings. The summed E-state index contributed by atoms with van der Waals surface area (Å²) in [6.45, 7) is 4.90. The summed E-state index contributed by atoms with van der Waals surface area (Å²) in [6.07, 6.45) is 3.74. The molecule has 2 saturated heterocycles. The van der Waals surface area contributed by atoms with Crippen LogP contribution in [0.4, 0.5) is 0 Å². The summed E-state index contributed by atoms with van der Waals surface area (Å²) in [5.41, 5.74) is 0. The molecular formula is C9H16N2O. The summed E-state index contributed by atoms with van der Waals surface area (Å²) in [7, 11) is 0. The molecule has 3 heteroatoms. The van der Waals surface area contributed by atoms with Gasteiger partial charge in [0.1, 0.15) is 0 Å². The fraction of sp³-hybridized carbons (Fsp3) is 0.889. The predicted octanol–water partition coefficient (Wildman–Crippen LogP) is 0.315. The first kappa shape index (κ1) is 8.05. The van der Waals surface area contributed by atoms with Crippen LogP contribution in [-0.4, -0.2) is 48.4 Å². The quantitative estimate of drug-likeness (QED) is 0.592. The first-order valence-corrected chi connectivity index (χ1v) is 4.86. The highest BCUT2D eigenvalue weighted by Gasteiger charge is 2.23. The van der Waals surface area contributed by atoms with E-state index in [2.05, 4.69) is 4.90 Å². The van der Waals surface area contributed by atoms with Crippen LogP contribution in [0.5, 0.6) is 0 Å². The number of likely N-dealkylation sites (tertiary alicyclic amines) is 2. The van der Waals surface area contributed by atoms with Crippen molar-refractivity contribution in [2.45, 2.75) is 19.3 Å². The first-order chi connectivity index (χ1) is 5.86. The normalized spacial score (nSPS) is 24.2. The smallest absolute Gasteiger partial charge is 0.236 e. The van der Waals surface area contributed by atoms with E-state index in [9.17, 15) is 4.79 Å². The second kappa shape index (κ2) is 3.44. The molecule has 0 spiro atoms. The van der Waals surface area contributed by atoms with Gasteiger partial charge in [0.25, 0.3) is 0 Å². The largest absolute Gasteiger partial charge is 0.341 e. The molecular weight excluding hydrogens is 152 g/mol. The van der Waals surface area contributed by atoms with Crippen LogP contribution in [0.2, 0.25) is 0 Å². The molecule has 68 valence electrons. The van der Waals surface area contributed by atoms with E-state index in [4.69, 9.17) is 0 Å². The zero-order valence-corrected chi connectivity index (χ0v) is 7.46. The lowest BCUT2D eigenvalue weighted by Crippen LogP contribution is -2.46. The number of amides is 1. The van der Waals surface area contributed by atoms with Crippen LogP contribution < -0.4 is 0 Å². The van der Waals surface area contributed by atoms with Crippen LogP contribution in [0.15, 0.2) is 0 Å². The summed E-state index contributed by atoms with van der Waals surface area (Å²) in [5, 5.41) is 0. The molecule has 0 aliphatic carbocycles. The molecule has 3 nitrogen and oxygen atoms in total. The van der Waals surface area contributed by atoms with Crippen LogP contribution in [0.3, 0.4) is 0 Å². The minimum atomic E-state index is 0.336. The minimum absolute atomic E-state index is 0.336. The van der Waals surface area contributed by atoms with Crippen molar-refractivity contribution >= 4 is 5.91 Å². The van der Waals surface area contributed by atoms with Gasteiger partial charge >= 0.3 is 0 Å². The van der Waals surface area contributed by atoms with Crippen LogP contribution in [0.25, 0.3) is 0 Å². The first-order valence-electron chi connectivity index (χ1n) is 4.86. The van der Waals surface area contributed by atoms with E-state index in [0.717, 1.165) is 26.2 Å². The molecule has 0 saturated carbocycles. The molecule has 0 radical (unpaired) electrons. The lowest BCUT2D eigenvalue weighted by Gasteiger charge is -2.32. The third kappa shape index (κ3) is 1.61. The van der Waals surface area contributed by atoms with E-state index < -0.39 is 0 Å². The molecule has 2 aliphatic rings. The van der Waals surface area contributed by atoms with Crippen molar-refractivity contribution < 1.29 is 4.79 Å². The topological polar surface area (TPSA) is 23.6 Å². The van der Waals surface area contributed by atoms with Gasteiger partial charge in [-0.05, 0) is 32.4 Å². The second-order valence-electron chi connectivity index (χ2n) is 3.72. The van der Waals surface area contributed by atoms with Gasteiger partial charge in [0.15, 0.2) is 0 Å². The Balaban J connectivity index is 1.73. The van der Waals surface area contributed by atoms with Gasteiger partial charge in [0, 0.05) is 13.1 Å². The van der Waals surface area contributed by atoms with E-state index in [-0.39, 0.29) is 0 Å². The Morgan fingerprint density at radius 2 is 1.67 bits per heavy atom. The predicted molar refractivity (Wildman–Crippen MR) is 46.9 cm³/mol.